The number of alkyl halides is 3. The highest BCUT2D eigenvalue weighted by Crippen LogP contribution is 2.30. The molecule has 0 N–H and O–H groups in total. The highest BCUT2D eigenvalue weighted by molar-refractivity contribution is 5.43. The van der Waals surface area contributed by atoms with Crippen molar-refractivity contribution in [3.8, 4) is 5.75 Å². The average molecular weight is 208 g/mol. The molecule has 14 heavy (non-hydrogen) atoms. The third-order valence-corrected chi connectivity index (χ3v) is 1.18. The minimum absolute atomic E-state index is 0.682. The molecule has 0 fully saturated rings. The third kappa shape index (κ3) is 2.57. The van der Waals surface area contributed by atoms with Crippen LogP contribution in [0.3, 0.4) is 0 Å². The van der Waals surface area contributed by atoms with E-state index in [4.69, 9.17) is 0 Å². The van der Waals surface area contributed by atoms with Gasteiger partial charge in [-0.1, -0.05) is 0 Å². The van der Waals surface area contributed by atoms with E-state index in [9.17, 15) is 23.3 Å². The summed E-state index contributed by atoms with van der Waals surface area (Å²) in [5, 5.41) is 10.2. The summed E-state index contributed by atoms with van der Waals surface area (Å²) in [5.74, 6) is -0.877. The molecule has 0 aliphatic heterocycles. The lowest BCUT2D eigenvalue weighted by atomic mass is 10.4. The van der Waals surface area contributed by atoms with E-state index >= 15 is 0 Å². The van der Waals surface area contributed by atoms with Crippen molar-refractivity contribution < 1.29 is 22.8 Å². The summed E-state index contributed by atoms with van der Waals surface area (Å²) >= 11 is 0. The highest BCUT2D eigenvalue weighted by atomic mass is 19.4. The van der Waals surface area contributed by atoms with Gasteiger partial charge in [0.2, 0.25) is 5.75 Å². The summed E-state index contributed by atoms with van der Waals surface area (Å²) < 4.78 is 38.6. The molecular formula is C6H3F3N2O3. The molecule has 0 aliphatic rings. The Balaban J connectivity index is 3.02. The van der Waals surface area contributed by atoms with Gasteiger partial charge < -0.3 is 4.74 Å². The van der Waals surface area contributed by atoms with E-state index in [1.807, 2.05) is 0 Å². The molecule has 76 valence electrons. The van der Waals surface area contributed by atoms with Crippen molar-refractivity contribution in [1.82, 2.24) is 4.98 Å². The molecule has 1 aromatic rings. The van der Waals surface area contributed by atoms with Crippen LogP contribution in [0.4, 0.5) is 18.9 Å². The quantitative estimate of drug-likeness (QED) is 0.549. The standard InChI is InChI=1S/C6H3F3N2O3/c7-6(8,9)14-5-1-2-10-3-4(5)11(12)13/h1-3H. The van der Waals surface area contributed by atoms with Crippen LogP contribution in [-0.2, 0) is 0 Å². The minimum Gasteiger partial charge on any atom is -0.398 e. The molecule has 0 aromatic carbocycles. The number of nitrogens with zero attached hydrogens (tertiary/aromatic N) is 2. The molecular weight excluding hydrogens is 205 g/mol. The van der Waals surface area contributed by atoms with Crippen molar-refractivity contribution in [3.63, 3.8) is 0 Å². The van der Waals surface area contributed by atoms with Gasteiger partial charge in [0, 0.05) is 12.3 Å². The van der Waals surface area contributed by atoms with E-state index in [0.717, 1.165) is 12.3 Å². The highest BCUT2D eigenvalue weighted by Gasteiger charge is 2.34. The lowest BCUT2D eigenvalue weighted by molar-refractivity contribution is -0.389. The van der Waals surface area contributed by atoms with Gasteiger partial charge in [0.1, 0.15) is 6.20 Å². The molecule has 0 saturated heterocycles. The van der Waals surface area contributed by atoms with Crippen LogP contribution in [-0.4, -0.2) is 16.3 Å². The van der Waals surface area contributed by atoms with E-state index in [1.165, 1.54) is 0 Å². The van der Waals surface area contributed by atoms with Crippen LogP contribution in [0.1, 0.15) is 0 Å². The topological polar surface area (TPSA) is 65.3 Å². The normalized spacial score (nSPS) is 11.1. The number of rotatable bonds is 2. The molecule has 0 spiro atoms. The monoisotopic (exact) mass is 208 g/mol. The number of aromatic nitrogens is 1. The largest absolute Gasteiger partial charge is 0.573 e. The zero-order chi connectivity index (χ0) is 10.8. The van der Waals surface area contributed by atoms with Crippen LogP contribution in [0.2, 0.25) is 0 Å². The fourth-order valence-corrected chi connectivity index (χ4v) is 0.721. The molecule has 1 aromatic heterocycles. The van der Waals surface area contributed by atoms with Crippen molar-refractivity contribution in [3.05, 3.63) is 28.6 Å². The molecule has 0 saturated carbocycles. The first kappa shape index (κ1) is 10.2. The summed E-state index contributed by atoms with van der Waals surface area (Å²) in [5.41, 5.74) is -0.829. The number of halogens is 3. The molecule has 8 heteroatoms. The van der Waals surface area contributed by atoms with Crippen LogP contribution in [0.5, 0.6) is 5.75 Å². The average Bonchev–Trinajstić information content (AvgIpc) is 2.01. The van der Waals surface area contributed by atoms with Gasteiger partial charge in [-0.25, -0.2) is 0 Å². The van der Waals surface area contributed by atoms with E-state index in [-0.39, 0.29) is 0 Å². The van der Waals surface area contributed by atoms with Crippen molar-refractivity contribution in [2.24, 2.45) is 0 Å². The van der Waals surface area contributed by atoms with Gasteiger partial charge in [-0.3, -0.25) is 15.1 Å². The van der Waals surface area contributed by atoms with E-state index < -0.39 is 22.7 Å². The predicted octanol–water partition coefficient (Wildman–Crippen LogP) is 1.89. The third-order valence-electron chi connectivity index (χ3n) is 1.18. The molecule has 1 rings (SSSR count). The Morgan fingerprint density at radius 3 is 2.64 bits per heavy atom. The predicted molar refractivity (Wildman–Crippen MR) is 37.6 cm³/mol. The van der Waals surface area contributed by atoms with Crippen LogP contribution < -0.4 is 4.74 Å². The summed E-state index contributed by atoms with van der Waals surface area (Å²) in [4.78, 5) is 12.5. The molecule has 5 nitrogen and oxygen atoms in total. The van der Waals surface area contributed by atoms with Gasteiger partial charge in [-0.05, 0) is 0 Å². The first-order chi connectivity index (χ1) is 6.40. The summed E-state index contributed by atoms with van der Waals surface area (Å²) in [7, 11) is 0. The number of ether oxygens (including phenoxy) is 1. The Kier molecular flexibility index (Phi) is 2.54. The fraction of sp³-hybridized carbons (Fsp3) is 0.167. The zero-order valence-electron chi connectivity index (χ0n) is 6.49. The SMILES string of the molecule is O=[N+]([O-])c1cnccc1OC(F)(F)F. The van der Waals surface area contributed by atoms with Crippen molar-refractivity contribution >= 4 is 5.69 Å². The van der Waals surface area contributed by atoms with Crippen LogP contribution in [0, 0.1) is 10.1 Å². The molecule has 0 aliphatic carbocycles. The van der Waals surface area contributed by atoms with Crippen LogP contribution >= 0.6 is 0 Å². The van der Waals surface area contributed by atoms with E-state index in [0.29, 0.717) is 6.20 Å². The molecule has 0 amide bonds. The molecule has 0 unspecified atom stereocenters. The van der Waals surface area contributed by atoms with Gasteiger partial charge in [-0.15, -0.1) is 13.2 Å². The zero-order valence-corrected chi connectivity index (χ0v) is 6.49. The number of pyridine rings is 1. The Morgan fingerprint density at radius 2 is 2.14 bits per heavy atom. The lowest BCUT2D eigenvalue weighted by Crippen LogP contribution is -2.17. The number of nitro groups is 1. The van der Waals surface area contributed by atoms with Crippen LogP contribution in [0.15, 0.2) is 18.5 Å². The van der Waals surface area contributed by atoms with Gasteiger partial charge >= 0.3 is 12.0 Å². The lowest BCUT2D eigenvalue weighted by Gasteiger charge is -2.07. The van der Waals surface area contributed by atoms with E-state index in [1.54, 1.807) is 0 Å². The van der Waals surface area contributed by atoms with Crippen molar-refractivity contribution in [2.45, 2.75) is 6.36 Å². The van der Waals surface area contributed by atoms with Gasteiger partial charge in [-0.2, -0.15) is 0 Å². The summed E-state index contributed by atoms with van der Waals surface area (Å²) in [6.07, 6.45) is -3.30. The maximum absolute atomic E-state index is 11.7. The summed E-state index contributed by atoms with van der Waals surface area (Å²) in [6, 6.07) is 0.769. The first-order valence-electron chi connectivity index (χ1n) is 3.24. The molecule has 0 atom stereocenters. The Hall–Kier alpha value is -1.86. The summed E-state index contributed by atoms with van der Waals surface area (Å²) in [6.45, 7) is 0. The first-order valence-corrected chi connectivity index (χ1v) is 3.24. The smallest absolute Gasteiger partial charge is 0.398 e. The fourth-order valence-electron chi connectivity index (χ4n) is 0.721. The Bertz CT molecular complexity index is 352. The minimum atomic E-state index is -4.95. The second-order valence-electron chi connectivity index (χ2n) is 2.15. The second kappa shape index (κ2) is 3.48. The molecule has 0 radical (unpaired) electrons. The van der Waals surface area contributed by atoms with Crippen molar-refractivity contribution in [2.75, 3.05) is 0 Å². The second-order valence-corrected chi connectivity index (χ2v) is 2.15. The van der Waals surface area contributed by atoms with Crippen molar-refractivity contribution in [1.29, 1.82) is 0 Å². The van der Waals surface area contributed by atoms with Gasteiger partial charge in [0.15, 0.2) is 0 Å². The number of hydrogen-bond donors (Lipinski definition) is 0. The maximum atomic E-state index is 11.7. The Morgan fingerprint density at radius 1 is 1.50 bits per heavy atom. The maximum Gasteiger partial charge on any atom is 0.573 e. The van der Waals surface area contributed by atoms with Gasteiger partial charge in [0.25, 0.3) is 0 Å². The number of hydrogen-bond acceptors (Lipinski definition) is 4. The van der Waals surface area contributed by atoms with Gasteiger partial charge in [0.05, 0.1) is 4.92 Å². The van der Waals surface area contributed by atoms with E-state index in [2.05, 4.69) is 9.72 Å². The van der Waals surface area contributed by atoms with Crippen LogP contribution in [0.25, 0.3) is 0 Å². The molecule has 1 heterocycles. The Labute approximate surface area is 75.3 Å². The molecule has 0 bridgehead atoms.